The van der Waals surface area contributed by atoms with Crippen molar-refractivity contribution in [2.75, 3.05) is 14.2 Å². The fourth-order valence-corrected chi connectivity index (χ4v) is 3.60. The Kier molecular flexibility index (Phi) is 5.79. The second-order valence-electron chi connectivity index (χ2n) is 7.26. The lowest BCUT2D eigenvalue weighted by Crippen LogP contribution is -2.02. The molecule has 4 aromatic rings. The van der Waals surface area contributed by atoms with Gasteiger partial charge in [0, 0.05) is 35.9 Å². The van der Waals surface area contributed by atoms with Crippen LogP contribution in [-0.4, -0.2) is 43.5 Å². The van der Waals surface area contributed by atoms with Crippen LogP contribution in [0.5, 0.6) is 23.0 Å². The molecule has 2 N–H and O–H groups in total. The third kappa shape index (κ3) is 4.48. The molecule has 0 saturated heterocycles. The lowest BCUT2D eigenvalue weighted by molar-refractivity contribution is 0.369. The molecule has 160 valence electrons. The standard InChI is InChI=1S/C23H24N4O4/c1-30-20-10-16(8-18(22(20)28)12-26-5-3-24-14-26)7-17-9-19(13-27-6-4-25-15-27)23(29)21(11-17)31-2/h3-6,8-11,14-15,28-29H,7,12-13H2,1-2H3. The second kappa shape index (κ2) is 8.83. The quantitative estimate of drug-likeness (QED) is 0.455. The highest BCUT2D eigenvalue weighted by Crippen LogP contribution is 2.35. The monoisotopic (exact) mass is 420 g/mol. The predicted molar refractivity (Wildman–Crippen MR) is 115 cm³/mol. The Bertz CT molecular complexity index is 1060. The molecule has 0 unspecified atom stereocenters. The first-order chi connectivity index (χ1) is 15.1. The van der Waals surface area contributed by atoms with Gasteiger partial charge in [-0.3, -0.25) is 0 Å². The van der Waals surface area contributed by atoms with E-state index in [2.05, 4.69) is 9.97 Å². The summed E-state index contributed by atoms with van der Waals surface area (Å²) in [5, 5.41) is 21.1. The molecule has 0 aliphatic heterocycles. The lowest BCUT2D eigenvalue weighted by atomic mass is 9.99. The summed E-state index contributed by atoms with van der Waals surface area (Å²) in [5.74, 6) is 1.06. The maximum Gasteiger partial charge on any atom is 0.162 e. The summed E-state index contributed by atoms with van der Waals surface area (Å²) < 4.78 is 14.5. The number of rotatable bonds is 8. The van der Waals surface area contributed by atoms with E-state index in [1.807, 2.05) is 45.8 Å². The molecule has 2 heterocycles. The molecule has 0 fully saturated rings. The van der Waals surface area contributed by atoms with E-state index in [1.165, 1.54) is 14.2 Å². The molecule has 0 radical (unpaired) electrons. The van der Waals surface area contributed by atoms with Crippen LogP contribution in [0, 0.1) is 0 Å². The van der Waals surface area contributed by atoms with Gasteiger partial charge in [0.05, 0.1) is 40.0 Å². The number of ether oxygens (including phenoxy) is 2. The SMILES string of the molecule is COc1cc(Cc2cc(Cn3ccnc3)c(O)c(OC)c2)cc(Cn2ccnc2)c1O. The van der Waals surface area contributed by atoms with Gasteiger partial charge in [-0.25, -0.2) is 9.97 Å². The third-order valence-electron chi connectivity index (χ3n) is 5.10. The molecule has 4 rings (SSSR count). The molecular formula is C23H24N4O4. The van der Waals surface area contributed by atoms with E-state index in [-0.39, 0.29) is 11.5 Å². The highest BCUT2D eigenvalue weighted by Gasteiger charge is 2.15. The molecule has 31 heavy (non-hydrogen) atoms. The van der Waals surface area contributed by atoms with Gasteiger partial charge in [-0.15, -0.1) is 0 Å². The van der Waals surface area contributed by atoms with Gasteiger partial charge in [-0.2, -0.15) is 0 Å². The first-order valence-electron chi connectivity index (χ1n) is 9.76. The smallest absolute Gasteiger partial charge is 0.162 e. The number of hydrogen-bond acceptors (Lipinski definition) is 6. The van der Waals surface area contributed by atoms with Gasteiger partial charge >= 0.3 is 0 Å². The molecule has 8 heteroatoms. The Labute approximate surface area is 180 Å². The van der Waals surface area contributed by atoms with E-state index in [0.717, 1.165) is 22.3 Å². The van der Waals surface area contributed by atoms with Crippen LogP contribution in [0.4, 0.5) is 0 Å². The number of imidazole rings is 2. The topological polar surface area (TPSA) is 94.6 Å². The molecule has 0 atom stereocenters. The Morgan fingerprint density at radius 2 is 1.19 bits per heavy atom. The summed E-state index contributed by atoms with van der Waals surface area (Å²) >= 11 is 0. The van der Waals surface area contributed by atoms with Crippen LogP contribution in [-0.2, 0) is 19.5 Å². The normalized spacial score (nSPS) is 10.9. The number of benzene rings is 2. The first kappa shape index (κ1) is 20.3. The van der Waals surface area contributed by atoms with Crippen molar-refractivity contribution in [3.05, 3.63) is 84.0 Å². The van der Waals surface area contributed by atoms with E-state index in [4.69, 9.17) is 9.47 Å². The molecule has 2 aromatic carbocycles. The zero-order valence-electron chi connectivity index (χ0n) is 17.4. The molecule has 0 amide bonds. The molecule has 0 aliphatic rings. The van der Waals surface area contributed by atoms with E-state index in [9.17, 15) is 10.2 Å². The summed E-state index contributed by atoms with van der Waals surface area (Å²) in [7, 11) is 3.07. The van der Waals surface area contributed by atoms with Gasteiger partial charge in [0.2, 0.25) is 0 Å². The number of aromatic hydroxyl groups is 2. The molecule has 0 aliphatic carbocycles. The highest BCUT2D eigenvalue weighted by molar-refractivity contribution is 5.52. The van der Waals surface area contributed by atoms with Gasteiger partial charge in [0.1, 0.15) is 0 Å². The largest absolute Gasteiger partial charge is 0.504 e. The van der Waals surface area contributed by atoms with Crippen molar-refractivity contribution in [3.8, 4) is 23.0 Å². The minimum absolute atomic E-state index is 0.115. The zero-order chi connectivity index (χ0) is 21.8. The first-order valence-corrected chi connectivity index (χ1v) is 9.76. The third-order valence-corrected chi connectivity index (χ3v) is 5.10. The Hall–Kier alpha value is -3.94. The summed E-state index contributed by atoms with van der Waals surface area (Å²) in [6, 6.07) is 7.54. The number of methoxy groups -OCH3 is 2. The van der Waals surface area contributed by atoms with Gasteiger partial charge in [-0.05, 0) is 41.8 Å². The number of hydrogen-bond donors (Lipinski definition) is 2. The molecule has 8 nitrogen and oxygen atoms in total. The molecule has 0 spiro atoms. The van der Waals surface area contributed by atoms with Gasteiger partial charge in [0.15, 0.2) is 23.0 Å². The molecule has 0 saturated carbocycles. The summed E-state index contributed by atoms with van der Waals surface area (Å²) in [5.41, 5.74) is 3.39. The Balaban J connectivity index is 1.67. The van der Waals surface area contributed by atoms with Gasteiger partial charge in [-0.1, -0.05) is 0 Å². The maximum atomic E-state index is 10.6. The minimum Gasteiger partial charge on any atom is -0.504 e. The Morgan fingerprint density at radius 3 is 1.55 bits per heavy atom. The van der Waals surface area contributed by atoms with E-state index < -0.39 is 0 Å². The fraction of sp³-hybridized carbons (Fsp3) is 0.217. The van der Waals surface area contributed by atoms with Crippen molar-refractivity contribution in [2.24, 2.45) is 0 Å². The van der Waals surface area contributed by atoms with Crippen molar-refractivity contribution >= 4 is 0 Å². The summed E-state index contributed by atoms with van der Waals surface area (Å²) in [6.45, 7) is 0.946. The van der Waals surface area contributed by atoms with Crippen LogP contribution in [0.1, 0.15) is 22.3 Å². The van der Waals surface area contributed by atoms with Crippen LogP contribution in [0.25, 0.3) is 0 Å². The number of aromatic nitrogens is 4. The average molecular weight is 420 g/mol. The van der Waals surface area contributed by atoms with Crippen molar-refractivity contribution in [1.29, 1.82) is 0 Å². The average Bonchev–Trinajstić information content (AvgIpc) is 3.47. The summed E-state index contributed by atoms with van der Waals surface area (Å²) in [6.07, 6.45) is 11.0. The highest BCUT2D eigenvalue weighted by atomic mass is 16.5. The van der Waals surface area contributed by atoms with Crippen LogP contribution in [0.3, 0.4) is 0 Å². The number of nitrogens with zero attached hydrogens (tertiary/aromatic N) is 4. The fourth-order valence-electron chi connectivity index (χ4n) is 3.60. The van der Waals surface area contributed by atoms with Crippen LogP contribution >= 0.6 is 0 Å². The van der Waals surface area contributed by atoms with E-state index in [1.54, 1.807) is 25.0 Å². The zero-order valence-corrected chi connectivity index (χ0v) is 17.4. The van der Waals surface area contributed by atoms with Crippen molar-refractivity contribution in [2.45, 2.75) is 19.5 Å². The number of phenolic OH excluding ortho intramolecular Hbond substituents is 2. The van der Waals surface area contributed by atoms with Crippen LogP contribution in [0.2, 0.25) is 0 Å². The second-order valence-corrected chi connectivity index (χ2v) is 7.26. The minimum atomic E-state index is 0.115. The van der Waals surface area contributed by atoms with E-state index in [0.29, 0.717) is 31.0 Å². The molecular weight excluding hydrogens is 396 g/mol. The van der Waals surface area contributed by atoms with Crippen LogP contribution in [0.15, 0.2) is 61.7 Å². The van der Waals surface area contributed by atoms with Crippen molar-refractivity contribution in [1.82, 2.24) is 19.1 Å². The molecule has 0 bridgehead atoms. The maximum absolute atomic E-state index is 10.6. The van der Waals surface area contributed by atoms with Gasteiger partial charge in [0.25, 0.3) is 0 Å². The predicted octanol–water partition coefficient (Wildman–Crippen LogP) is 3.20. The molecule has 2 aromatic heterocycles. The number of phenols is 2. The summed E-state index contributed by atoms with van der Waals surface area (Å²) in [4.78, 5) is 8.11. The van der Waals surface area contributed by atoms with Gasteiger partial charge < -0.3 is 28.8 Å². The van der Waals surface area contributed by atoms with Crippen LogP contribution < -0.4 is 9.47 Å². The Morgan fingerprint density at radius 1 is 0.742 bits per heavy atom. The van der Waals surface area contributed by atoms with Crippen molar-refractivity contribution < 1.29 is 19.7 Å². The van der Waals surface area contributed by atoms with E-state index >= 15 is 0 Å². The lowest BCUT2D eigenvalue weighted by Gasteiger charge is -2.15. The van der Waals surface area contributed by atoms with Crippen molar-refractivity contribution in [3.63, 3.8) is 0 Å².